The van der Waals surface area contributed by atoms with Gasteiger partial charge in [-0.2, -0.15) is 0 Å². The van der Waals surface area contributed by atoms with Crippen molar-refractivity contribution >= 4 is 32.6 Å². The minimum absolute atomic E-state index is 0.0355. The predicted octanol–water partition coefficient (Wildman–Crippen LogP) is 5.13. The smallest absolute Gasteiger partial charge is 0.260 e. The third-order valence-corrected chi connectivity index (χ3v) is 6.20. The summed E-state index contributed by atoms with van der Waals surface area (Å²) in [5.41, 5.74) is 6.28. The lowest BCUT2D eigenvalue weighted by atomic mass is 10.0. The second kappa shape index (κ2) is 8.41. The number of fused-ring (bicyclic) bond motifs is 1. The molecule has 0 unspecified atom stereocenters. The van der Waals surface area contributed by atoms with Crippen LogP contribution in [0.2, 0.25) is 0 Å². The Balaban J connectivity index is 2.02. The quantitative estimate of drug-likeness (QED) is 0.581. The number of amides is 1. The minimum Gasteiger partial charge on any atom is -0.309 e. The number of carbonyl (C=O) groups is 1. The van der Waals surface area contributed by atoms with Gasteiger partial charge in [0.15, 0.2) is 5.13 Å². The van der Waals surface area contributed by atoms with Gasteiger partial charge in [-0.05, 0) is 83.6 Å². The van der Waals surface area contributed by atoms with Crippen molar-refractivity contribution in [3.05, 3.63) is 58.1 Å². The first-order valence-corrected chi connectivity index (χ1v) is 10.5. The number of benzene rings is 2. The van der Waals surface area contributed by atoms with Crippen LogP contribution in [0.25, 0.3) is 10.2 Å². The van der Waals surface area contributed by atoms with Gasteiger partial charge in [-0.3, -0.25) is 9.69 Å². The number of hydrogen-bond donors (Lipinski definition) is 0. The summed E-state index contributed by atoms with van der Waals surface area (Å²) < 4.78 is 1.13. The maximum absolute atomic E-state index is 13.5. The van der Waals surface area contributed by atoms with Crippen LogP contribution in [0.3, 0.4) is 0 Å². The highest BCUT2D eigenvalue weighted by Crippen LogP contribution is 2.33. The van der Waals surface area contributed by atoms with Crippen molar-refractivity contribution in [1.82, 2.24) is 9.88 Å². The molecule has 0 atom stereocenters. The number of anilines is 1. The molecular weight excluding hydrogens is 366 g/mol. The molecule has 28 heavy (non-hydrogen) atoms. The monoisotopic (exact) mass is 395 g/mol. The Morgan fingerprint density at radius 1 is 1.00 bits per heavy atom. The van der Waals surface area contributed by atoms with Crippen LogP contribution in [0, 0.1) is 27.7 Å². The van der Waals surface area contributed by atoms with Crippen LogP contribution >= 0.6 is 11.3 Å². The second-order valence-corrected chi connectivity index (χ2v) is 8.79. The highest BCUT2D eigenvalue weighted by molar-refractivity contribution is 7.22. The van der Waals surface area contributed by atoms with Crippen LogP contribution in [0.1, 0.15) is 39.0 Å². The van der Waals surface area contributed by atoms with Gasteiger partial charge in [0.05, 0.1) is 10.2 Å². The zero-order chi connectivity index (χ0) is 20.4. The molecule has 1 heterocycles. The summed E-state index contributed by atoms with van der Waals surface area (Å²) in [7, 11) is 4.11. The summed E-state index contributed by atoms with van der Waals surface area (Å²) >= 11 is 1.60. The van der Waals surface area contributed by atoms with Gasteiger partial charge >= 0.3 is 0 Å². The molecular formula is C23H29N3OS. The normalized spacial score (nSPS) is 11.4. The Hall–Kier alpha value is -2.24. The van der Waals surface area contributed by atoms with E-state index < -0.39 is 0 Å². The lowest BCUT2D eigenvalue weighted by Gasteiger charge is -2.22. The van der Waals surface area contributed by atoms with E-state index in [0.717, 1.165) is 45.0 Å². The molecule has 0 radical (unpaired) electrons. The van der Waals surface area contributed by atoms with Gasteiger partial charge in [0.25, 0.3) is 5.91 Å². The van der Waals surface area contributed by atoms with E-state index in [1.54, 1.807) is 11.3 Å². The average Bonchev–Trinajstić information content (AvgIpc) is 3.08. The van der Waals surface area contributed by atoms with Crippen molar-refractivity contribution in [2.24, 2.45) is 0 Å². The fourth-order valence-electron chi connectivity index (χ4n) is 3.27. The lowest BCUT2D eigenvalue weighted by Crippen LogP contribution is -2.34. The molecule has 148 valence electrons. The largest absolute Gasteiger partial charge is 0.309 e. The number of nitrogens with zero attached hydrogens (tertiary/aromatic N) is 3. The first-order chi connectivity index (χ1) is 13.3. The van der Waals surface area contributed by atoms with Gasteiger partial charge in [0, 0.05) is 12.1 Å². The van der Waals surface area contributed by atoms with E-state index in [9.17, 15) is 4.79 Å². The molecule has 2 aromatic carbocycles. The Labute approximate surface area is 171 Å². The number of carbonyl (C=O) groups excluding carboxylic acids is 1. The van der Waals surface area contributed by atoms with Gasteiger partial charge in [-0.15, -0.1) is 0 Å². The fraction of sp³-hybridized carbons (Fsp3) is 0.391. The number of aromatic nitrogens is 1. The molecule has 0 saturated heterocycles. The Kier molecular flexibility index (Phi) is 6.16. The summed E-state index contributed by atoms with van der Waals surface area (Å²) in [6, 6.07) is 10.3. The first kappa shape index (κ1) is 20.5. The molecule has 0 saturated carbocycles. The molecule has 0 fully saturated rings. The summed E-state index contributed by atoms with van der Waals surface area (Å²) in [5.74, 6) is 0.0355. The standard InChI is InChI=1S/C23H29N3OS/c1-15-8-9-17(3)19(14-15)22(27)26(13-7-12-25(5)6)23-24-21-18(4)16(2)10-11-20(21)28-23/h8-11,14H,7,12-13H2,1-6H3. The maximum Gasteiger partial charge on any atom is 0.260 e. The molecule has 4 nitrogen and oxygen atoms in total. The van der Waals surface area contributed by atoms with Gasteiger partial charge in [-0.25, -0.2) is 4.98 Å². The Bertz CT molecular complexity index is 1010. The molecule has 5 heteroatoms. The summed E-state index contributed by atoms with van der Waals surface area (Å²) in [6.07, 6.45) is 0.900. The lowest BCUT2D eigenvalue weighted by molar-refractivity contribution is 0.0985. The van der Waals surface area contributed by atoms with Crippen LogP contribution in [-0.4, -0.2) is 43.0 Å². The summed E-state index contributed by atoms with van der Waals surface area (Å²) in [6.45, 7) is 9.81. The van der Waals surface area contributed by atoms with E-state index in [-0.39, 0.29) is 5.91 Å². The van der Waals surface area contributed by atoms with E-state index in [2.05, 4.69) is 45.0 Å². The average molecular weight is 396 g/mol. The molecule has 0 bridgehead atoms. The highest BCUT2D eigenvalue weighted by atomic mass is 32.1. The molecule has 0 N–H and O–H groups in total. The third-order valence-electron chi connectivity index (χ3n) is 5.16. The number of rotatable bonds is 6. The van der Waals surface area contributed by atoms with E-state index in [4.69, 9.17) is 4.98 Å². The van der Waals surface area contributed by atoms with Crippen molar-refractivity contribution < 1.29 is 4.79 Å². The Morgan fingerprint density at radius 3 is 2.43 bits per heavy atom. The van der Waals surface area contributed by atoms with Crippen molar-refractivity contribution in [3.8, 4) is 0 Å². The SMILES string of the molecule is Cc1ccc(C)c(C(=O)N(CCCN(C)C)c2nc3c(C)c(C)ccc3s2)c1. The molecule has 0 spiro atoms. The first-order valence-electron chi connectivity index (χ1n) is 9.68. The van der Waals surface area contributed by atoms with Gasteiger partial charge in [0.1, 0.15) is 0 Å². The minimum atomic E-state index is 0.0355. The molecule has 1 aromatic heterocycles. The number of thiazole rings is 1. The van der Waals surface area contributed by atoms with Crippen LogP contribution in [0.5, 0.6) is 0 Å². The molecule has 0 aliphatic carbocycles. The Morgan fingerprint density at radius 2 is 1.71 bits per heavy atom. The van der Waals surface area contributed by atoms with E-state index in [0.29, 0.717) is 6.54 Å². The van der Waals surface area contributed by atoms with Crippen molar-refractivity contribution in [1.29, 1.82) is 0 Å². The maximum atomic E-state index is 13.5. The number of aryl methyl sites for hydroxylation is 4. The van der Waals surface area contributed by atoms with E-state index in [1.165, 1.54) is 11.1 Å². The highest BCUT2D eigenvalue weighted by Gasteiger charge is 2.23. The van der Waals surface area contributed by atoms with Crippen molar-refractivity contribution in [2.75, 3.05) is 32.1 Å². The van der Waals surface area contributed by atoms with Gasteiger partial charge in [0.2, 0.25) is 0 Å². The zero-order valence-corrected chi connectivity index (χ0v) is 18.5. The second-order valence-electron chi connectivity index (χ2n) is 7.78. The number of hydrogen-bond acceptors (Lipinski definition) is 4. The summed E-state index contributed by atoms with van der Waals surface area (Å²) in [5, 5.41) is 0.786. The van der Waals surface area contributed by atoms with Crippen LogP contribution < -0.4 is 4.90 Å². The van der Waals surface area contributed by atoms with Gasteiger partial charge < -0.3 is 4.90 Å². The molecule has 0 aliphatic rings. The predicted molar refractivity (Wildman–Crippen MR) is 120 cm³/mol. The van der Waals surface area contributed by atoms with Crippen molar-refractivity contribution in [3.63, 3.8) is 0 Å². The van der Waals surface area contributed by atoms with Crippen LogP contribution in [0.4, 0.5) is 5.13 Å². The van der Waals surface area contributed by atoms with Crippen LogP contribution in [-0.2, 0) is 0 Å². The van der Waals surface area contributed by atoms with Gasteiger partial charge in [-0.1, -0.05) is 35.1 Å². The fourth-order valence-corrected chi connectivity index (χ4v) is 4.32. The summed E-state index contributed by atoms with van der Waals surface area (Å²) in [4.78, 5) is 22.4. The molecule has 3 aromatic rings. The van der Waals surface area contributed by atoms with Crippen LogP contribution in [0.15, 0.2) is 30.3 Å². The van der Waals surface area contributed by atoms with E-state index in [1.807, 2.05) is 36.9 Å². The third kappa shape index (κ3) is 4.26. The molecule has 3 rings (SSSR count). The topological polar surface area (TPSA) is 36.4 Å². The van der Waals surface area contributed by atoms with E-state index >= 15 is 0 Å². The van der Waals surface area contributed by atoms with Crippen molar-refractivity contribution in [2.45, 2.75) is 34.1 Å². The molecule has 0 aliphatic heterocycles. The zero-order valence-electron chi connectivity index (χ0n) is 17.7. The molecule has 1 amide bonds.